The molecule has 1 N–H and O–H groups in total. The summed E-state index contributed by atoms with van der Waals surface area (Å²) in [6.07, 6.45) is 1.83. The Hall–Kier alpha value is 0.160. The van der Waals surface area contributed by atoms with Crippen molar-refractivity contribution < 1.29 is 13.2 Å². The second-order valence-corrected chi connectivity index (χ2v) is 6.61. The molecule has 0 bridgehead atoms. The Bertz CT molecular complexity index is 273. The Labute approximate surface area is 96.4 Å². The maximum atomic E-state index is 11.8. The third kappa shape index (κ3) is 4.68. The lowest BCUT2D eigenvalue weighted by Crippen LogP contribution is -2.38. The molecule has 1 fully saturated rings. The van der Waals surface area contributed by atoms with E-state index in [1.54, 1.807) is 0 Å². The van der Waals surface area contributed by atoms with Crippen LogP contribution in [0.2, 0.25) is 0 Å². The van der Waals surface area contributed by atoms with Gasteiger partial charge in [-0.05, 0) is 26.2 Å². The van der Waals surface area contributed by atoms with Crippen molar-refractivity contribution >= 4 is 21.6 Å². The fourth-order valence-electron chi connectivity index (χ4n) is 1.50. The molecule has 1 rings (SSSR count). The molecule has 0 aliphatic carbocycles. The average molecular weight is 256 g/mol. The second-order valence-electron chi connectivity index (χ2n) is 3.82. The number of nitrogens with one attached hydrogen (secondary N) is 1. The van der Waals surface area contributed by atoms with Gasteiger partial charge in [0.2, 0.25) is 10.0 Å². The third-order valence-electron chi connectivity index (χ3n) is 2.45. The quantitative estimate of drug-likeness (QED) is 0.749. The summed E-state index contributed by atoms with van der Waals surface area (Å²) in [5.74, 6) is 0. The zero-order valence-corrected chi connectivity index (χ0v) is 10.5. The van der Waals surface area contributed by atoms with Crippen LogP contribution >= 0.6 is 11.6 Å². The van der Waals surface area contributed by atoms with E-state index in [9.17, 15) is 8.42 Å². The molecule has 1 atom stereocenters. The van der Waals surface area contributed by atoms with Crippen molar-refractivity contribution in [3.63, 3.8) is 0 Å². The SMILES string of the molecule is CC(Cl)CCNS(=O)(=O)C1CCOCC1. The highest BCUT2D eigenvalue weighted by Gasteiger charge is 2.26. The molecule has 0 radical (unpaired) electrons. The van der Waals surface area contributed by atoms with Crippen LogP contribution in [0.4, 0.5) is 0 Å². The highest BCUT2D eigenvalue weighted by Crippen LogP contribution is 2.14. The van der Waals surface area contributed by atoms with Crippen molar-refractivity contribution in [2.75, 3.05) is 19.8 Å². The van der Waals surface area contributed by atoms with E-state index in [0.29, 0.717) is 39.0 Å². The van der Waals surface area contributed by atoms with Crippen molar-refractivity contribution in [3.05, 3.63) is 0 Å². The molecule has 15 heavy (non-hydrogen) atoms. The molecule has 0 saturated carbocycles. The largest absolute Gasteiger partial charge is 0.381 e. The average Bonchev–Trinajstić information content (AvgIpc) is 2.18. The molecule has 1 aliphatic heterocycles. The van der Waals surface area contributed by atoms with Gasteiger partial charge in [0.1, 0.15) is 0 Å². The molecular formula is C9H18ClNO3S. The van der Waals surface area contributed by atoms with Crippen molar-refractivity contribution in [1.82, 2.24) is 4.72 Å². The first-order valence-corrected chi connectivity index (χ1v) is 7.21. The molecule has 90 valence electrons. The van der Waals surface area contributed by atoms with Gasteiger partial charge in [-0.1, -0.05) is 0 Å². The monoisotopic (exact) mass is 255 g/mol. The summed E-state index contributed by atoms with van der Waals surface area (Å²) in [4.78, 5) is 0. The number of alkyl halides is 1. The summed E-state index contributed by atoms with van der Waals surface area (Å²) in [6.45, 7) is 3.35. The van der Waals surface area contributed by atoms with Gasteiger partial charge in [0, 0.05) is 25.1 Å². The highest BCUT2D eigenvalue weighted by atomic mass is 35.5. The van der Waals surface area contributed by atoms with E-state index in [1.807, 2.05) is 6.92 Å². The normalized spacial score (nSPS) is 21.5. The molecule has 1 heterocycles. The first-order chi connectivity index (χ1) is 7.02. The lowest BCUT2D eigenvalue weighted by Gasteiger charge is -2.22. The van der Waals surface area contributed by atoms with Gasteiger partial charge in [-0.25, -0.2) is 13.1 Å². The molecule has 1 saturated heterocycles. The zero-order valence-electron chi connectivity index (χ0n) is 8.91. The van der Waals surface area contributed by atoms with E-state index in [2.05, 4.69) is 4.72 Å². The molecule has 0 spiro atoms. The van der Waals surface area contributed by atoms with E-state index >= 15 is 0 Å². The van der Waals surface area contributed by atoms with Crippen LogP contribution in [0, 0.1) is 0 Å². The van der Waals surface area contributed by atoms with Crippen LogP contribution in [-0.4, -0.2) is 38.8 Å². The fourth-order valence-corrected chi connectivity index (χ4v) is 3.06. The van der Waals surface area contributed by atoms with E-state index in [-0.39, 0.29) is 10.6 Å². The number of ether oxygens (including phenoxy) is 1. The zero-order chi connectivity index (χ0) is 11.3. The van der Waals surface area contributed by atoms with Crippen molar-refractivity contribution in [2.24, 2.45) is 0 Å². The molecule has 1 unspecified atom stereocenters. The molecule has 0 aromatic carbocycles. The minimum Gasteiger partial charge on any atom is -0.381 e. The molecule has 0 aromatic rings. The molecular weight excluding hydrogens is 238 g/mol. The number of halogens is 1. The third-order valence-corrected chi connectivity index (χ3v) is 4.63. The van der Waals surface area contributed by atoms with Crippen molar-refractivity contribution in [2.45, 2.75) is 36.8 Å². The molecule has 0 amide bonds. The van der Waals surface area contributed by atoms with Crippen LogP contribution in [0.1, 0.15) is 26.2 Å². The first-order valence-electron chi connectivity index (χ1n) is 5.22. The second kappa shape index (κ2) is 6.03. The van der Waals surface area contributed by atoms with Crippen LogP contribution in [0.5, 0.6) is 0 Å². The van der Waals surface area contributed by atoms with Gasteiger partial charge in [-0.3, -0.25) is 0 Å². The van der Waals surface area contributed by atoms with Crippen LogP contribution < -0.4 is 4.72 Å². The van der Waals surface area contributed by atoms with Crippen molar-refractivity contribution in [3.8, 4) is 0 Å². The predicted molar refractivity (Wildman–Crippen MR) is 60.7 cm³/mol. The van der Waals surface area contributed by atoms with E-state index in [4.69, 9.17) is 16.3 Å². The molecule has 4 nitrogen and oxygen atoms in total. The van der Waals surface area contributed by atoms with Crippen LogP contribution in [-0.2, 0) is 14.8 Å². The van der Waals surface area contributed by atoms with Crippen LogP contribution in [0.15, 0.2) is 0 Å². The minimum absolute atomic E-state index is 0.00221. The van der Waals surface area contributed by atoms with Crippen LogP contribution in [0.3, 0.4) is 0 Å². The number of hydrogen-bond acceptors (Lipinski definition) is 3. The summed E-state index contributed by atoms with van der Waals surface area (Å²) in [5.41, 5.74) is 0. The van der Waals surface area contributed by atoms with Gasteiger partial charge in [0.15, 0.2) is 0 Å². The van der Waals surface area contributed by atoms with E-state index in [0.717, 1.165) is 0 Å². The lowest BCUT2D eigenvalue weighted by atomic mass is 10.2. The molecule has 6 heteroatoms. The summed E-state index contributed by atoms with van der Waals surface area (Å²) < 4.78 is 31.2. The summed E-state index contributed by atoms with van der Waals surface area (Å²) in [7, 11) is -3.17. The number of sulfonamides is 1. The minimum atomic E-state index is -3.17. The Morgan fingerprint density at radius 3 is 2.60 bits per heavy atom. The van der Waals surface area contributed by atoms with Gasteiger partial charge >= 0.3 is 0 Å². The fraction of sp³-hybridized carbons (Fsp3) is 1.00. The lowest BCUT2D eigenvalue weighted by molar-refractivity contribution is 0.0981. The maximum absolute atomic E-state index is 11.8. The van der Waals surface area contributed by atoms with Gasteiger partial charge in [-0.15, -0.1) is 11.6 Å². The Morgan fingerprint density at radius 2 is 2.07 bits per heavy atom. The van der Waals surface area contributed by atoms with Crippen LogP contribution in [0.25, 0.3) is 0 Å². The smallest absolute Gasteiger partial charge is 0.214 e. The topological polar surface area (TPSA) is 55.4 Å². The summed E-state index contributed by atoms with van der Waals surface area (Å²) in [5, 5.41) is -0.292. The van der Waals surface area contributed by atoms with Gasteiger partial charge in [-0.2, -0.15) is 0 Å². The van der Waals surface area contributed by atoms with E-state index in [1.165, 1.54) is 0 Å². The van der Waals surface area contributed by atoms with Crippen molar-refractivity contribution in [1.29, 1.82) is 0 Å². The number of rotatable bonds is 5. The van der Waals surface area contributed by atoms with Gasteiger partial charge in [0.05, 0.1) is 5.25 Å². The van der Waals surface area contributed by atoms with Gasteiger partial charge in [0.25, 0.3) is 0 Å². The highest BCUT2D eigenvalue weighted by molar-refractivity contribution is 7.90. The summed E-state index contributed by atoms with van der Waals surface area (Å²) in [6, 6.07) is 0. The van der Waals surface area contributed by atoms with E-state index < -0.39 is 10.0 Å². The number of hydrogen-bond donors (Lipinski definition) is 1. The Balaban J connectivity index is 2.36. The summed E-state index contributed by atoms with van der Waals surface area (Å²) >= 11 is 5.74. The predicted octanol–water partition coefficient (Wildman–Crippen LogP) is 1.10. The molecule has 0 aromatic heterocycles. The molecule has 1 aliphatic rings. The maximum Gasteiger partial charge on any atom is 0.214 e. The first kappa shape index (κ1) is 13.2. The van der Waals surface area contributed by atoms with Gasteiger partial charge < -0.3 is 4.74 Å². The Morgan fingerprint density at radius 1 is 1.47 bits per heavy atom. The standard InChI is InChI=1S/C9H18ClNO3S/c1-8(10)2-5-11-15(12,13)9-3-6-14-7-4-9/h8-9,11H,2-7H2,1H3. The Kier molecular flexibility index (Phi) is 5.32.